The first-order chi connectivity index (χ1) is 13.3. The Balaban J connectivity index is 1.47. The molecule has 0 unspecified atom stereocenters. The Kier molecular flexibility index (Phi) is 4.20. The third-order valence-corrected chi connectivity index (χ3v) is 9.60. The molecule has 4 aliphatic carbocycles. The van der Waals surface area contributed by atoms with Crippen LogP contribution in [0.3, 0.4) is 0 Å². The van der Waals surface area contributed by atoms with E-state index in [0.29, 0.717) is 17.1 Å². The quantitative estimate of drug-likeness (QED) is 0.584. The topological polar surface area (TPSA) is 34.9 Å². The van der Waals surface area contributed by atoms with Crippen LogP contribution >= 0.6 is 0 Å². The van der Waals surface area contributed by atoms with Crippen LogP contribution < -0.4 is 0 Å². The predicted octanol–water partition coefficient (Wildman–Crippen LogP) is 5.72. The van der Waals surface area contributed by atoms with E-state index in [-0.39, 0.29) is 5.41 Å². The van der Waals surface area contributed by atoms with Crippen LogP contribution in [-0.4, -0.2) is 15.6 Å². The number of Topliss-reactive ketones (excluding diaryl/α,β-unsaturated/α-hetero) is 1. The van der Waals surface area contributed by atoms with Crippen molar-refractivity contribution in [1.29, 1.82) is 0 Å². The van der Waals surface area contributed by atoms with Crippen molar-refractivity contribution in [2.24, 2.45) is 41.5 Å². The minimum atomic E-state index is -0.124. The van der Waals surface area contributed by atoms with Crippen molar-refractivity contribution in [3.05, 3.63) is 23.0 Å². The molecule has 0 radical (unpaired) electrons. The normalized spacial score (nSPS) is 44.3. The molecule has 1 aromatic rings. The molecule has 0 amide bonds. The van der Waals surface area contributed by atoms with Crippen LogP contribution in [-0.2, 0) is 11.8 Å². The molecule has 6 atom stereocenters. The number of carbonyl (C=O) groups is 1. The van der Waals surface area contributed by atoms with Crippen LogP contribution in [0.15, 0.2) is 11.8 Å². The molecule has 0 spiro atoms. The number of rotatable bonds is 1. The molecule has 4 fully saturated rings. The Morgan fingerprint density at radius 3 is 2.68 bits per heavy atom. The third kappa shape index (κ3) is 2.53. The summed E-state index contributed by atoms with van der Waals surface area (Å²) >= 11 is 0. The fourth-order valence-corrected chi connectivity index (χ4v) is 8.04. The van der Waals surface area contributed by atoms with Crippen LogP contribution in [0.1, 0.15) is 82.9 Å². The van der Waals surface area contributed by atoms with Crippen LogP contribution in [0.5, 0.6) is 0 Å². The first kappa shape index (κ1) is 18.6. The number of fused-ring (bicyclic) bond motifs is 5. The van der Waals surface area contributed by atoms with E-state index in [1.165, 1.54) is 44.9 Å². The van der Waals surface area contributed by atoms with Gasteiger partial charge in [-0.1, -0.05) is 26.7 Å². The van der Waals surface area contributed by atoms with E-state index in [1.54, 1.807) is 0 Å². The van der Waals surface area contributed by atoms with Crippen LogP contribution in [0, 0.1) is 41.4 Å². The first-order valence-electron chi connectivity index (χ1n) is 11.6. The van der Waals surface area contributed by atoms with Crippen LogP contribution in [0.4, 0.5) is 0 Å². The summed E-state index contributed by atoms with van der Waals surface area (Å²) in [5.41, 5.74) is 3.63. The van der Waals surface area contributed by atoms with Crippen molar-refractivity contribution in [1.82, 2.24) is 9.78 Å². The molecule has 3 heteroatoms. The van der Waals surface area contributed by atoms with Crippen LogP contribution in [0.2, 0.25) is 0 Å². The Morgan fingerprint density at radius 1 is 1.11 bits per heavy atom. The fraction of sp³-hybridized carbons (Fsp3) is 0.760. The summed E-state index contributed by atoms with van der Waals surface area (Å²) in [6, 6.07) is 0. The molecule has 1 aromatic heterocycles. The second-order valence-corrected chi connectivity index (χ2v) is 10.9. The van der Waals surface area contributed by atoms with E-state index in [9.17, 15) is 4.79 Å². The van der Waals surface area contributed by atoms with Crippen molar-refractivity contribution in [3.63, 3.8) is 0 Å². The Hall–Kier alpha value is -1.38. The molecule has 0 saturated heterocycles. The third-order valence-electron chi connectivity index (χ3n) is 9.60. The number of allylic oxidation sites excluding steroid dienone is 1. The molecule has 152 valence electrons. The number of nitrogens with zero attached hydrogens (tertiary/aromatic N) is 2. The highest BCUT2D eigenvalue weighted by Crippen LogP contribution is 2.66. The van der Waals surface area contributed by atoms with Gasteiger partial charge in [-0.25, -0.2) is 0 Å². The molecular formula is C25H36N2O. The summed E-state index contributed by atoms with van der Waals surface area (Å²) in [5.74, 6) is 3.54. The molecule has 3 nitrogen and oxygen atoms in total. The highest BCUT2D eigenvalue weighted by Gasteiger charge is 2.60. The summed E-state index contributed by atoms with van der Waals surface area (Å²) in [7, 11) is 1.96. The van der Waals surface area contributed by atoms with Crippen molar-refractivity contribution in [2.75, 3.05) is 0 Å². The smallest absolute Gasteiger partial charge is 0.165 e. The van der Waals surface area contributed by atoms with Gasteiger partial charge in [0.25, 0.3) is 0 Å². The van der Waals surface area contributed by atoms with Gasteiger partial charge < -0.3 is 0 Å². The van der Waals surface area contributed by atoms with Gasteiger partial charge in [-0.2, -0.15) is 5.10 Å². The fourth-order valence-electron chi connectivity index (χ4n) is 8.04. The van der Waals surface area contributed by atoms with Gasteiger partial charge in [0.15, 0.2) is 5.78 Å². The van der Waals surface area contributed by atoms with E-state index in [2.05, 4.69) is 31.2 Å². The van der Waals surface area contributed by atoms with Crippen molar-refractivity contribution in [3.8, 4) is 0 Å². The SMILES string of the molecule is Cc1nn(C)cc1/C=C1\C[C@@H]2[C@H]3CC[C@H]4CCCC[C@]4(C)[C@@H]3CC[C@@]2(C)C1=O. The Bertz CT molecular complexity index is 836. The standard InChI is InChI=1S/C25H36N2O/c1-16-18(15-27(4)26-16)13-17-14-22-20-9-8-19-7-5-6-11-24(19,2)21(20)10-12-25(22,3)23(17)28/h13,15,19-22H,5-12,14H2,1-4H3/b17-13+/t19-,20+,21-,22-,24+,25-/m1/s1. The summed E-state index contributed by atoms with van der Waals surface area (Å²) in [4.78, 5) is 13.5. The maximum absolute atomic E-state index is 13.5. The minimum Gasteiger partial charge on any atom is -0.294 e. The molecular weight excluding hydrogens is 344 g/mol. The molecule has 28 heavy (non-hydrogen) atoms. The number of hydrogen-bond acceptors (Lipinski definition) is 2. The largest absolute Gasteiger partial charge is 0.294 e. The second-order valence-electron chi connectivity index (χ2n) is 10.9. The molecule has 1 heterocycles. The number of ketones is 1. The molecule has 4 aliphatic rings. The van der Waals surface area contributed by atoms with Crippen molar-refractivity contribution >= 4 is 11.9 Å². The van der Waals surface area contributed by atoms with Gasteiger partial charge in [0.2, 0.25) is 0 Å². The van der Waals surface area contributed by atoms with E-state index in [4.69, 9.17) is 0 Å². The molecule has 0 bridgehead atoms. The van der Waals surface area contributed by atoms with E-state index >= 15 is 0 Å². The van der Waals surface area contributed by atoms with Crippen LogP contribution in [0.25, 0.3) is 6.08 Å². The zero-order valence-corrected chi connectivity index (χ0v) is 18.1. The van der Waals surface area contributed by atoms with Gasteiger partial charge in [0.05, 0.1) is 5.69 Å². The average Bonchev–Trinajstić information content (AvgIpc) is 3.11. The van der Waals surface area contributed by atoms with E-state index < -0.39 is 0 Å². The summed E-state index contributed by atoms with van der Waals surface area (Å²) in [5, 5.41) is 4.47. The predicted molar refractivity (Wildman–Crippen MR) is 113 cm³/mol. The molecule has 0 aromatic carbocycles. The maximum atomic E-state index is 13.5. The number of aromatic nitrogens is 2. The van der Waals surface area contributed by atoms with Crippen molar-refractivity contribution in [2.45, 2.75) is 78.6 Å². The number of hydrogen-bond donors (Lipinski definition) is 0. The Labute approximate surface area is 170 Å². The highest BCUT2D eigenvalue weighted by molar-refractivity contribution is 6.06. The minimum absolute atomic E-state index is 0.124. The lowest BCUT2D eigenvalue weighted by Crippen LogP contribution is -2.52. The maximum Gasteiger partial charge on any atom is 0.165 e. The Morgan fingerprint density at radius 2 is 1.93 bits per heavy atom. The highest BCUT2D eigenvalue weighted by atomic mass is 16.1. The lowest BCUT2D eigenvalue weighted by atomic mass is 9.45. The van der Waals surface area contributed by atoms with E-state index in [1.807, 2.05) is 18.7 Å². The number of aryl methyl sites for hydroxylation is 2. The summed E-state index contributed by atoms with van der Waals surface area (Å²) < 4.78 is 1.86. The first-order valence-corrected chi connectivity index (χ1v) is 11.6. The zero-order chi connectivity index (χ0) is 19.7. The monoisotopic (exact) mass is 380 g/mol. The lowest BCUT2D eigenvalue weighted by Gasteiger charge is -2.59. The van der Waals surface area contributed by atoms with Gasteiger partial charge in [-0.3, -0.25) is 9.48 Å². The summed E-state index contributed by atoms with van der Waals surface area (Å²) in [6.45, 7) is 6.95. The molecule has 4 saturated carbocycles. The van der Waals surface area contributed by atoms with Crippen molar-refractivity contribution < 1.29 is 4.79 Å². The zero-order valence-electron chi connectivity index (χ0n) is 18.1. The molecule has 5 rings (SSSR count). The lowest BCUT2D eigenvalue weighted by molar-refractivity contribution is -0.137. The molecule has 0 aliphatic heterocycles. The van der Waals surface area contributed by atoms with Gasteiger partial charge in [-0.05, 0) is 92.6 Å². The average molecular weight is 381 g/mol. The summed E-state index contributed by atoms with van der Waals surface area (Å²) in [6.07, 6.45) is 16.1. The van der Waals surface area contributed by atoms with Gasteiger partial charge in [0.1, 0.15) is 0 Å². The van der Waals surface area contributed by atoms with Gasteiger partial charge in [-0.15, -0.1) is 0 Å². The second kappa shape index (κ2) is 6.31. The number of carbonyl (C=O) groups excluding carboxylic acids is 1. The van der Waals surface area contributed by atoms with E-state index in [0.717, 1.165) is 47.4 Å². The van der Waals surface area contributed by atoms with Gasteiger partial charge >= 0.3 is 0 Å². The van der Waals surface area contributed by atoms with Gasteiger partial charge in [0, 0.05) is 24.2 Å². The molecule has 0 N–H and O–H groups in total.